The van der Waals surface area contributed by atoms with Crippen LogP contribution in [0.15, 0.2) is 39.2 Å². The fraction of sp³-hybridized carbons (Fsp3) is 0.235. The van der Waals surface area contributed by atoms with Crippen molar-refractivity contribution in [2.75, 3.05) is 13.7 Å². The van der Waals surface area contributed by atoms with Crippen molar-refractivity contribution in [1.82, 2.24) is 0 Å². The molecule has 0 spiro atoms. The fourth-order valence-electron chi connectivity index (χ4n) is 1.94. The van der Waals surface area contributed by atoms with Gasteiger partial charge in [0.05, 0.1) is 18.2 Å². The van der Waals surface area contributed by atoms with Crippen molar-refractivity contribution in [2.45, 2.75) is 13.8 Å². The van der Waals surface area contributed by atoms with Crippen LogP contribution >= 0.6 is 15.9 Å². The van der Waals surface area contributed by atoms with Crippen molar-refractivity contribution >= 4 is 27.8 Å². The van der Waals surface area contributed by atoms with Crippen molar-refractivity contribution < 1.29 is 18.7 Å². The molecule has 0 N–H and O–H groups in total. The zero-order valence-electron chi connectivity index (χ0n) is 12.7. The zero-order valence-corrected chi connectivity index (χ0v) is 14.3. The lowest BCUT2D eigenvalue weighted by molar-refractivity contribution is 0.102. The van der Waals surface area contributed by atoms with E-state index in [1.54, 1.807) is 32.2 Å². The molecule has 0 atom stereocenters. The molecule has 1 heterocycles. The Morgan fingerprint density at radius 2 is 2.14 bits per heavy atom. The second kappa shape index (κ2) is 7.31. The molecular formula is C17H17BrO4. The molecule has 2 aromatic rings. The third kappa shape index (κ3) is 3.80. The minimum atomic E-state index is -0.183. The number of carbonyl (C=O) groups is 1. The van der Waals surface area contributed by atoms with Gasteiger partial charge in [0.15, 0.2) is 17.3 Å². The highest BCUT2D eigenvalue weighted by Gasteiger charge is 2.11. The van der Waals surface area contributed by atoms with E-state index in [9.17, 15) is 4.79 Å². The first-order valence-electron chi connectivity index (χ1n) is 6.84. The molecule has 0 fully saturated rings. The minimum Gasteiger partial charge on any atom is -0.493 e. The van der Waals surface area contributed by atoms with Crippen LogP contribution in [-0.4, -0.2) is 19.5 Å². The Labute approximate surface area is 137 Å². The average Bonchev–Trinajstić information content (AvgIpc) is 2.93. The van der Waals surface area contributed by atoms with Crippen LogP contribution in [0, 0.1) is 6.92 Å². The zero-order chi connectivity index (χ0) is 16.1. The SMILES string of the molecule is CCOc1c(Br)cc(/C=C/C(=O)c2ccc(C)o2)cc1OC. The van der Waals surface area contributed by atoms with Crippen molar-refractivity contribution in [3.05, 3.63) is 51.9 Å². The molecule has 0 bridgehead atoms. The highest BCUT2D eigenvalue weighted by Crippen LogP contribution is 2.37. The monoisotopic (exact) mass is 364 g/mol. The van der Waals surface area contributed by atoms with E-state index in [0.717, 1.165) is 10.0 Å². The van der Waals surface area contributed by atoms with Crippen LogP contribution in [0.3, 0.4) is 0 Å². The summed E-state index contributed by atoms with van der Waals surface area (Å²) in [6.45, 7) is 4.25. The Balaban J connectivity index is 2.24. The van der Waals surface area contributed by atoms with E-state index in [1.807, 2.05) is 19.1 Å². The van der Waals surface area contributed by atoms with Gasteiger partial charge in [0, 0.05) is 0 Å². The molecule has 0 aliphatic heterocycles. The third-order valence-electron chi connectivity index (χ3n) is 2.95. The number of hydrogen-bond acceptors (Lipinski definition) is 4. The normalized spacial score (nSPS) is 10.9. The first kappa shape index (κ1) is 16.4. The van der Waals surface area contributed by atoms with Crippen LogP contribution in [0.5, 0.6) is 11.5 Å². The van der Waals surface area contributed by atoms with E-state index in [2.05, 4.69) is 15.9 Å². The number of benzene rings is 1. The first-order valence-corrected chi connectivity index (χ1v) is 7.63. The van der Waals surface area contributed by atoms with Crippen molar-refractivity contribution in [3.63, 3.8) is 0 Å². The van der Waals surface area contributed by atoms with Gasteiger partial charge in [-0.1, -0.05) is 6.08 Å². The Hall–Kier alpha value is -2.01. The number of hydrogen-bond donors (Lipinski definition) is 0. The number of methoxy groups -OCH3 is 1. The number of carbonyl (C=O) groups excluding carboxylic acids is 1. The van der Waals surface area contributed by atoms with E-state index < -0.39 is 0 Å². The van der Waals surface area contributed by atoms with Gasteiger partial charge in [-0.05, 0) is 65.7 Å². The van der Waals surface area contributed by atoms with Gasteiger partial charge in [0.1, 0.15) is 5.76 Å². The molecule has 22 heavy (non-hydrogen) atoms. The van der Waals surface area contributed by atoms with Crippen LogP contribution in [-0.2, 0) is 0 Å². The molecular weight excluding hydrogens is 348 g/mol. The molecule has 0 aliphatic rings. The number of allylic oxidation sites excluding steroid dienone is 1. The summed E-state index contributed by atoms with van der Waals surface area (Å²) in [5, 5.41) is 0. The quantitative estimate of drug-likeness (QED) is 0.552. The molecule has 0 saturated carbocycles. The van der Waals surface area contributed by atoms with Crippen LogP contribution < -0.4 is 9.47 Å². The van der Waals surface area contributed by atoms with Gasteiger partial charge >= 0.3 is 0 Å². The van der Waals surface area contributed by atoms with Gasteiger partial charge < -0.3 is 13.9 Å². The third-order valence-corrected chi connectivity index (χ3v) is 3.54. The molecule has 2 rings (SSSR count). The number of furan rings is 1. The fourth-order valence-corrected chi connectivity index (χ4v) is 2.52. The summed E-state index contributed by atoms with van der Waals surface area (Å²) in [5.74, 6) is 2.11. The Morgan fingerprint density at radius 1 is 1.36 bits per heavy atom. The first-order chi connectivity index (χ1) is 10.5. The molecule has 0 unspecified atom stereocenters. The van der Waals surface area contributed by atoms with Gasteiger partial charge in [-0.15, -0.1) is 0 Å². The lowest BCUT2D eigenvalue weighted by Gasteiger charge is -2.12. The van der Waals surface area contributed by atoms with E-state index in [0.29, 0.717) is 29.6 Å². The number of ether oxygens (including phenoxy) is 2. The summed E-state index contributed by atoms with van der Waals surface area (Å²) in [7, 11) is 1.58. The van der Waals surface area contributed by atoms with Crippen molar-refractivity contribution in [1.29, 1.82) is 0 Å². The number of ketones is 1. The van der Waals surface area contributed by atoms with Crippen LogP contribution in [0.25, 0.3) is 6.08 Å². The molecule has 0 aliphatic carbocycles. The Bertz CT molecular complexity index is 701. The maximum absolute atomic E-state index is 12.0. The Morgan fingerprint density at radius 3 is 2.73 bits per heavy atom. The second-order valence-electron chi connectivity index (χ2n) is 4.58. The van der Waals surface area contributed by atoms with Gasteiger partial charge in [0.25, 0.3) is 0 Å². The van der Waals surface area contributed by atoms with E-state index in [4.69, 9.17) is 13.9 Å². The van der Waals surface area contributed by atoms with Crippen LogP contribution in [0.4, 0.5) is 0 Å². The smallest absolute Gasteiger partial charge is 0.221 e. The molecule has 0 amide bonds. The molecule has 116 valence electrons. The second-order valence-corrected chi connectivity index (χ2v) is 5.43. The van der Waals surface area contributed by atoms with Gasteiger partial charge in [-0.25, -0.2) is 0 Å². The lowest BCUT2D eigenvalue weighted by Crippen LogP contribution is -1.97. The van der Waals surface area contributed by atoms with E-state index >= 15 is 0 Å². The predicted molar refractivity (Wildman–Crippen MR) is 88.7 cm³/mol. The van der Waals surface area contributed by atoms with Crippen molar-refractivity contribution in [2.24, 2.45) is 0 Å². The maximum atomic E-state index is 12.0. The topological polar surface area (TPSA) is 48.7 Å². The molecule has 1 aromatic heterocycles. The minimum absolute atomic E-state index is 0.183. The largest absolute Gasteiger partial charge is 0.493 e. The van der Waals surface area contributed by atoms with E-state index in [-0.39, 0.29) is 5.78 Å². The molecule has 4 nitrogen and oxygen atoms in total. The molecule has 0 saturated heterocycles. The standard InChI is InChI=1S/C17H17BrO4/c1-4-21-17-13(18)9-12(10-16(17)20-3)6-7-14(19)15-8-5-11(2)22-15/h5-10H,4H2,1-3H3/b7-6+. The summed E-state index contributed by atoms with van der Waals surface area (Å²) in [5.41, 5.74) is 0.823. The molecule has 0 radical (unpaired) electrons. The highest BCUT2D eigenvalue weighted by atomic mass is 79.9. The predicted octanol–water partition coefficient (Wildman–Crippen LogP) is 4.65. The summed E-state index contributed by atoms with van der Waals surface area (Å²) in [4.78, 5) is 12.0. The Kier molecular flexibility index (Phi) is 5.44. The van der Waals surface area contributed by atoms with E-state index in [1.165, 1.54) is 6.08 Å². The van der Waals surface area contributed by atoms with Crippen molar-refractivity contribution in [3.8, 4) is 11.5 Å². The van der Waals surface area contributed by atoms with Crippen LogP contribution in [0.2, 0.25) is 0 Å². The lowest BCUT2D eigenvalue weighted by atomic mass is 10.1. The summed E-state index contributed by atoms with van der Waals surface area (Å²) in [6, 6.07) is 7.10. The highest BCUT2D eigenvalue weighted by molar-refractivity contribution is 9.10. The maximum Gasteiger partial charge on any atom is 0.221 e. The van der Waals surface area contributed by atoms with Gasteiger partial charge in [-0.2, -0.15) is 0 Å². The summed E-state index contributed by atoms with van der Waals surface area (Å²) in [6.07, 6.45) is 3.18. The molecule has 1 aromatic carbocycles. The number of rotatable bonds is 6. The average molecular weight is 365 g/mol. The number of aryl methyl sites for hydroxylation is 1. The van der Waals surface area contributed by atoms with Crippen LogP contribution in [0.1, 0.15) is 28.8 Å². The van der Waals surface area contributed by atoms with Gasteiger partial charge in [0.2, 0.25) is 5.78 Å². The summed E-state index contributed by atoms with van der Waals surface area (Å²) < 4.78 is 16.9. The summed E-state index contributed by atoms with van der Waals surface area (Å²) >= 11 is 3.45. The van der Waals surface area contributed by atoms with Gasteiger partial charge in [-0.3, -0.25) is 4.79 Å². The number of halogens is 1. The molecule has 5 heteroatoms.